The Labute approximate surface area is 99.1 Å². The summed E-state index contributed by atoms with van der Waals surface area (Å²) in [6.45, 7) is 3.54. The van der Waals surface area contributed by atoms with Gasteiger partial charge in [0.05, 0.1) is 12.2 Å². The molecule has 0 aromatic carbocycles. The SMILES string of the molecule is Nc1cccc(CN2CCn3cnnc3C2)n1. The predicted octanol–water partition coefficient (Wildman–Crippen LogP) is 0.271. The van der Waals surface area contributed by atoms with E-state index in [-0.39, 0.29) is 0 Å². The van der Waals surface area contributed by atoms with Crippen LogP contribution in [-0.4, -0.2) is 31.2 Å². The lowest BCUT2D eigenvalue weighted by molar-refractivity contribution is 0.206. The van der Waals surface area contributed by atoms with E-state index in [2.05, 4.69) is 24.6 Å². The normalized spacial score (nSPS) is 15.8. The summed E-state index contributed by atoms with van der Waals surface area (Å²) in [5.41, 5.74) is 6.67. The first-order valence-corrected chi connectivity index (χ1v) is 5.62. The van der Waals surface area contributed by atoms with Crippen LogP contribution in [0.1, 0.15) is 11.5 Å². The Morgan fingerprint density at radius 1 is 1.29 bits per heavy atom. The van der Waals surface area contributed by atoms with E-state index in [9.17, 15) is 0 Å². The lowest BCUT2D eigenvalue weighted by Gasteiger charge is -2.26. The van der Waals surface area contributed by atoms with Crippen molar-refractivity contribution in [2.45, 2.75) is 19.6 Å². The van der Waals surface area contributed by atoms with Gasteiger partial charge in [-0.25, -0.2) is 4.98 Å². The fraction of sp³-hybridized carbons (Fsp3) is 0.364. The highest BCUT2D eigenvalue weighted by molar-refractivity contribution is 5.28. The molecule has 3 rings (SSSR count). The highest BCUT2D eigenvalue weighted by Crippen LogP contribution is 2.12. The third-order valence-electron chi connectivity index (χ3n) is 2.93. The fourth-order valence-corrected chi connectivity index (χ4v) is 2.07. The smallest absolute Gasteiger partial charge is 0.147 e. The molecular weight excluding hydrogens is 216 g/mol. The Bertz CT molecular complexity index is 520. The van der Waals surface area contributed by atoms with E-state index in [1.165, 1.54) is 0 Å². The molecule has 1 aliphatic rings. The number of pyridine rings is 1. The molecule has 6 heteroatoms. The van der Waals surface area contributed by atoms with Crippen LogP contribution < -0.4 is 5.73 Å². The summed E-state index contributed by atoms with van der Waals surface area (Å²) in [5.74, 6) is 1.59. The van der Waals surface area contributed by atoms with Crippen molar-refractivity contribution < 1.29 is 0 Å². The third-order valence-corrected chi connectivity index (χ3v) is 2.93. The van der Waals surface area contributed by atoms with E-state index in [0.29, 0.717) is 5.82 Å². The van der Waals surface area contributed by atoms with Gasteiger partial charge in [-0.1, -0.05) is 6.07 Å². The molecule has 0 unspecified atom stereocenters. The first-order chi connectivity index (χ1) is 8.31. The molecule has 0 fully saturated rings. The molecule has 2 aromatic rings. The lowest BCUT2D eigenvalue weighted by Crippen LogP contribution is -2.33. The van der Waals surface area contributed by atoms with Crippen molar-refractivity contribution >= 4 is 5.82 Å². The topological polar surface area (TPSA) is 72.9 Å². The number of fused-ring (bicyclic) bond motifs is 1. The minimum Gasteiger partial charge on any atom is -0.384 e. The van der Waals surface area contributed by atoms with Crippen LogP contribution in [0.5, 0.6) is 0 Å². The van der Waals surface area contributed by atoms with Crippen LogP contribution >= 0.6 is 0 Å². The zero-order chi connectivity index (χ0) is 11.7. The summed E-state index contributed by atoms with van der Waals surface area (Å²) in [6, 6.07) is 5.73. The minimum atomic E-state index is 0.572. The van der Waals surface area contributed by atoms with Gasteiger partial charge in [-0.2, -0.15) is 0 Å². The monoisotopic (exact) mass is 230 g/mol. The van der Waals surface area contributed by atoms with Crippen LogP contribution in [0.15, 0.2) is 24.5 Å². The first kappa shape index (κ1) is 10.2. The average Bonchev–Trinajstić information content (AvgIpc) is 2.76. The maximum Gasteiger partial charge on any atom is 0.147 e. The van der Waals surface area contributed by atoms with E-state index in [4.69, 9.17) is 5.73 Å². The van der Waals surface area contributed by atoms with Crippen LogP contribution in [0.4, 0.5) is 5.82 Å². The number of nitrogens with zero attached hydrogens (tertiary/aromatic N) is 5. The van der Waals surface area contributed by atoms with Gasteiger partial charge >= 0.3 is 0 Å². The lowest BCUT2D eigenvalue weighted by atomic mass is 10.3. The summed E-state index contributed by atoms with van der Waals surface area (Å²) >= 11 is 0. The molecule has 0 radical (unpaired) electrons. The number of anilines is 1. The second kappa shape index (κ2) is 4.14. The molecule has 0 spiro atoms. The van der Waals surface area contributed by atoms with Gasteiger partial charge in [0, 0.05) is 19.6 Å². The largest absolute Gasteiger partial charge is 0.384 e. The van der Waals surface area contributed by atoms with Crippen molar-refractivity contribution in [3.63, 3.8) is 0 Å². The number of nitrogen functional groups attached to an aromatic ring is 1. The van der Waals surface area contributed by atoms with Gasteiger partial charge in [0.1, 0.15) is 18.0 Å². The second-order valence-corrected chi connectivity index (χ2v) is 4.21. The maximum atomic E-state index is 5.67. The van der Waals surface area contributed by atoms with E-state index in [0.717, 1.165) is 37.7 Å². The second-order valence-electron chi connectivity index (χ2n) is 4.21. The molecule has 0 bridgehead atoms. The van der Waals surface area contributed by atoms with Crippen LogP contribution in [0.2, 0.25) is 0 Å². The summed E-state index contributed by atoms with van der Waals surface area (Å²) in [7, 11) is 0. The summed E-state index contributed by atoms with van der Waals surface area (Å²) in [4.78, 5) is 6.60. The van der Waals surface area contributed by atoms with Crippen LogP contribution in [-0.2, 0) is 19.6 Å². The molecular formula is C11H14N6. The number of hydrogen-bond acceptors (Lipinski definition) is 5. The Morgan fingerprint density at radius 2 is 2.24 bits per heavy atom. The van der Waals surface area contributed by atoms with Crippen LogP contribution in [0, 0.1) is 0 Å². The summed E-state index contributed by atoms with van der Waals surface area (Å²) < 4.78 is 2.09. The van der Waals surface area contributed by atoms with Crippen molar-refractivity contribution in [3.8, 4) is 0 Å². The predicted molar refractivity (Wildman–Crippen MR) is 62.8 cm³/mol. The van der Waals surface area contributed by atoms with Gasteiger partial charge in [-0.3, -0.25) is 4.90 Å². The Balaban J connectivity index is 1.72. The molecule has 17 heavy (non-hydrogen) atoms. The fourth-order valence-electron chi connectivity index (χ4n) is 2.07. The molecule has 1 aliphatic heterocycles. The van der Waals surface area contributed by atoms with Crippen molar-refractivity contribution in [2.24, 2.45) is 0 Å². The molecule has 0 atom stereocenters. The maximum absolute atomic E-state index is 5.67. The number of rotatable bonds is 2. The first-order valence-electron chi connectivity index (χ1n) is 5.62. The van der Waals surface area contributed by atoms with Gasteiger partial charge in [-0.05, 0) is 12.1 Å². The van der Waals surface area contributed by atoms with Crippen molar-refractivity contribution in [3.05, 3.63) is 36.0 Å². The summed E-state index contributed by atoms with van der Waals surface area (Å²) in [6.07, 6.45) is 1.78. The van der Waals surface area contributed by atoms with Gasteiger partial charge < -0.3 is 10.3 Å². The number of aromatic nitrogens is 4. The molecule has 0 saturated heterocycles. The van der Waals surface area contributed by atoms with Gasteiger partial charge in [0.15, 0.2) is 0 Å². The molecule has 0 amide bonds. The number of hydrogen-bond donors (Lipinski definition) is 1. The van der Waals surface area contributed by atoms with E-state index >= 15 is 0 Å². The third kappa shape index (κ3) is 2.12. The van der Waals surface area contributed by atoms with Gasteiger partial charge in [-0.15, -0.1) is 10.2 Å². The highest BCUT2D eigenvalue weighted by Gasteiger charge is 2.17. The number of nitrogens with two attached hydrogens (primary N) is 1. The zero-order valence-corrected chi connectivity index (χ0v) is 9.45. The van der Waals surface area contributed by atoms with Crippen molar-refractivity contribution in [1.29, 1.82) is 0 Å². The Morgan fingerprint density at radius 3 is 3.12 bits per heavy atom. The molecule has 0 aliphatic carbocycles. The molecule has 2 N–H and O–H groups in total. The van der Waals surface area contributed by atoms with Gasteiger partial charge in [0.2, 0.25) is 0 Å². The van der Waals surface area contributed by atoms with E-state index in [1.807, 2.05) is 12.1 Å². The molecule has 3 heterocycles. The van der Waals surface area contributed by atoms with Crippen LogP contribution in [0.25, 0.3) is 0 Å². The van der Waals surface area contributed by atoms with Crippen LogP contribution in [0.3, 0.4) is 0 Å². The van der Waals surface area contributed by atoms with Gasteiger partial charge in [0.25, 0.3) is 0 Å². The molecule has 0 saturated carbocycles. The highest BCUT2D eigenvalue weighted by atomic mass is 15.3. The Kier molecular flexibility index (Phi) is 2.49. The minimum absolute atomic E-state index is 0.572. The van der Waals surface area contributed by atoms with E-state index < -0.39 is 0 Å². The van der Waals surface area contributed by atoms with Crippen molar-refractivity contribution in [1.82, 2.24) is 24.6 Å². The Hall–Kier alpha value is -1.95. The molecule has 6 nitrogen and oxygen atoms in total. The summed E-state index contributed by atoms with van der Waals surface area (Å²) in [5, 5.41) is 8.00. The average molecular weight is 230 g/mol. The molecule has 88 valence electrons. The quantitative estimate of drug-likeness (QED) is 0.801. The standard InChI is InChI=1S/C11H14N6/c12-10-3-1-2-9(14-10)6-16-4-5-17-8-13-15-11(17)7-16/h1-3,8H,4-7H2,(H2,12,14). The zero-order valence-electron chi connectivity index (χ0n) is 9.45. The van der Waals surface area contributed by atoms with E-state index in [1.54, 1.807) is 12.4 Å². The molecule has 2 aromatic heterocycles. The van der Waals surface area contributed by atoms with Crippen molar-refractivity contribution in [2.75, 3.05) is 12.3 Å².